The molecule has 2 unspecified atom stereocenters. The second kappa shape index (κ2) is 8.77. The van der Waals surface area contributed by atoms with Crippen LogP contribution in [0.5, 0.6) is 11.5 Å². The fraction of sp³-hybridized carbons (Fsp3) is 0.348. The van der Waals surface area contributed by atoms with Crippen molar-refractivity contribution in [3.05, 3.63) is 59.4 Å². The first-order chi connectivity index (χ1) is 15.0. The van der Waals surface area contributed by atoms with Crippen LogP contribution < -0.4 is 9.47 Å². The smallest absolute Gasteiger partial charge is 0.295 e. The number of amides is 1. The minimum Gasteiger partial charge on any atom is -0.507 e. The van der Waals surface area contributed by atoms with E-state index in [4.69, 9.17) is 14.2 Å². The lowest BCUT2D eigenvalue weighted by atomic mass is 9.95. The molecule has 0 bridgehead atoms. The Morgan fingerprint density at radius 2 is 1.97 bits per heavy atom. The number of hydrogen-bond donors (Lipinski definition) is 1. The molecule has 162 valence electrons. The lowest BCUT2D eigenvalue weighted by Crippen LogP contribution is -2.36. The molecule has 2 aliphatic rings. The Hall–Kier alpha value is -3.39. The summed E-state index contributed by atoms with van der Waals surface area (Å²) in [5.74, 6) is -0.829. The summed E-state index contributed by atoms with van der Waals surface area (Å²) < 4.78 is 16.3. The number of nitrogens with zero attached hydrogens (tertiary/aromatic N) is 2. The van der Waals surface area contributed by atoms with Gasteiger partial charge in [-0.25, -0.2) is 0 Å². The quantitative estimate of drug-likeness (QED) is 0.432. The molecule has 1 amide bonds. The Bertz CT molecular complexity index is 1010. The average molecular weight is 424 g/mol. The van der Waals surface area contributed by atoms with Crippen molar-refractivity contribution in [3.63, 3.8) is 0 Å². The van der Waals surface area contributed by atoms with Crippen LogP contribution in [0.4, 0.5) is 0 Å². The number of ether oxygens (including phenoxy) is 3. The number of benzene rings is 1. The van der Waals surface area contributed by atoms with Crippen molar-refractivity contribution in [1.29, 1.82) is 0 Å². The van der Waals surface area contributed by atoms with Gasteiger partial charge in [0.05, 0.1) is 37.5 Å². The standard InChI is InChI=1S/C23H24N2O6/c1-29-15-5-6-17(18(12-15)30-2)21(26)19-20(14-7-9-24-10-8-14)25(23(28)22(19)27)13-16-4-3-11-31-16/h5-10,12,16,20,26H,3-4,11,13H2,1-2H3/b21-19-. The number of carbonyl (C=O) groups excluding carboxylic acids is 2. The Labute approximate surface area is 180 Å². The largest absolute Gasteiger partial charge is 0.507 e. The van der Waals surface area contributed by atoms with Gasteiger partial charge in [0, 0.05) is 31.6 Å². The van der Waals surface area contributed by atoms with E-state index >= 15 is 0 Å². The average Bonchev–Trinajstić information content (AvgIpc) is 3.41. The monoisotopic (exact) mass is 424 g/mol. The number of aliphatic hydroxyl groups excluding tert-OH is 1. The molecule has 8 heteroatoms. The Kier molecular flexibility index (Phi) is 5.90. The van der Waals surface area contributed by atoms with Gasteiger partial charge in [-0.1, -0.05) is 0 Å². The van der Waals surface area contributed by atoms with E-state index in [1.165, 1.54) is 19.1 Å². The van der Waals surface area contributed by atoms with Crippen molar-refractivity contribution in [2.75, 3.05) is 27.4 Å². The predicted molar refractivity (Wildman–Crippen MR) is 112 cm³/mol. The van der Waals surface area contributed by atoms with Gasteiger partial charge < -0.3 is 24.2 Å². The van der Waals surface area contributed by atoms with E-state index in [0.717, 1.165) is 12.8 Å². The molecule has 2 fully saturated rings. The molecule has 2 saturated heterocycles. The molecule has 0 spiro atoms. The van der Waals surface area contributed by atoms with Gasteiger partial charge in [0.25, 0.3) is 11.7 Å². The van der Waals surface area contributed by atoms with Crippen LogP contribution in [0.1, 0.15) is 30.0 Å². The molecule has 1 aromatic carbocycles. The van der Waals surface area contributed by atoms with Crippen LogP contribution in [0.3, 0.4) is 0 Å². The summed E-state index contributed by atoms with van der Waals surface area (Å²) in [7, 11) is 2.98. The Morgan fingerprint density at radius 1 is 1.19 bits per heavy atom. The number of Topliss-reactive ketones (excluding diaryl/α,β-unsaturated/α-hetero) is 1. The highest BCUT2D eigenvalue weighted by atomic mass is 16.5. The van der Waals surface area contributed by atoms with Crippen LogP contribution in [0.25, 0.3) is 5.76 Å². The number of carbonyl (C=O) groups is 2. The minimum absolute atomic E-state index is 0.0117. The zero-order valence-corrected chi connectivity index (χ0v) is 17.4. The highest BCUT2D eigenvalue weighted by Gasteiger charge is 2.47. The van der Waals surface area contributed by atoms with Crippen molar-refractivity contribution >= 4 is 17.4 Å². The summed E-state index contributed by atoms with van der Waals surface area (Å²) >= 11 is 0. The van der Waals surface area contributed by atoms with Gasteiger partial charge in [0.2, 0.25) is 0 Å². The molecule has 1 aromatic heterocycles. The number of rotatable bonds is 6. The maximum Gasteiger partial charge on any atom is 0.295 e. The van der Waals surface area contributed by atoms with Crippen molar-refractivity contribution in [2.24, 2.45) is 0 Å². The molecular weight excluding hydrogens is 400 g/mol. The molecule has 3 heterocycles. The molecule has 2 aromatic rings. The molecule has 0 saturated carbocycles. The van der Waals surface area contributed by atoms with Crippen molar-refractivity contribution in [1.82, 2.24) is 9.88 Å². The van der Waals surface area contributed by atoms with Gasteiger partial charge in [0.1, 0.15) is 17.3 Å². The summed E-state index contributed by atoms with van der Waals surface area (Å²) in [6.07, 6.45) is 4.78. The summed E-state index contributed by atoms with van der Waals surface area (Å²) in [5.41, 5.74) is 0.997. The maximum absolute atomic E-state index is 13.1. The normalized spacial score (nSPS) is 22.7. The third-order valence-corrected chi connectivity index (χ3v) is 5.65. The summed E-state index contributed by atoms with van der Waals surface area (Å²) in [6.45, 7) is 0.908. The zero-order chi connectivity index (χ0) is 22.0. The van der Waals surface area contributed by atoms with Crippen LogP contribution in [0.2, 0.25) is 0 Å². The molecule has 4 rings (SSSR count). The number of aromatic nitrogens is 1. The predicted octanol–water partition coefficient (Wildman–Crippen LogP) is 2.70. The lowest BCUT2D eigenvalue weighted by molar-refractivity contribution is -0.140. The molecule has 0 aliphatic carbocycles. The molecule has 8 nitrogen and oxygen atoms in total. The van der Waals surface area contributed by atoms with Crippen LogP contribution >= 0.6 is 0 Å². The number of hydrogen-bond acceptors (Lipinski definition) is 7. The molecular formula is C23H24N2O6. The van der Waals surface area contributed by atoms with Crippen LogP contribution in [0.15, 0.2) is 48.3 Å². The first kappa shape index (κ1) is 20.9. The van der Waals surface area contributed by atoms with Crippen molar-refractivity contribution in [3.8, 4) is 11.5 Å². The second-order valence-corrected chi connectivity index (χ2v) is 7.43. The van der Waals surface area contributed by atoms with Gasteiger partial charge in [-0.2, -0.15) is 0 Å². The lowest BCUT2D eigenvalue weighted by Gasteiger charge is -2.27. The maximum atomic E-state index is 13.1. The number of pyridine rings is 1. The number of likely N-dealkylation sites (tertiary alicyclic amines) is 1. The van der Waals surface area contributed by atoms with Crippen LogP contribution in [-0.4, -0.2) is 60.2 Å². The van der Waals surface area contributed by atoms with Gasteiger partial charge in [-0.3, -0.25) is 14.6 Å². The highest BCUT2D eigenvalue weighted by molar-refractivity contribution is 6.46. The van der Waals surface area contributed by atoms with Gasteiger partial charge in [-0.05, 0) is 42.7 Å². The van der Waals surface area contributed by atoms with Crippen LogP contribution in [-0.2, 0) is 14.3 Å². The summed E-state index contributed by atoms with van der Waals surface area (Å²) in [5, 5.41) is 11.2. The number of methoxy groups -OCH3 is 2. The molecule has 0 radical (unpaired) electrons. The second-order valence-electron chi connectivity index (χ2n) is 7.43. The summed E-state index contributed by atoms with van der Waals surface area (Å²) in [4.78, 5) is 31.6. The van der Waals surface area contributed by atoms with Crippen LogP contribution in [0, 0.1) is 0 Å². The third kappa shape index (κ3) is 3.86. The van der Waals surface area contributed by atoms with Gasteiger partial charge >= 0.3 is 0 Å². The molecule has 1 N–H and O–H groups in total. The van der Waals surface area contributed by atoms with E-state index in [2.05, 4.69) is 4.98 Å². The SMILES string of the molecule is COc1ccc(/C(O)=C2/C(=O)C(=O)N(CC3CCCO3)C2c2ccncc2)c(OC)c1. The van der Waals surface area contributed by atoms with E-state index in [1.807, 2.05) is 0 Å². The topological polar surface area (TPSA) is 98.2 Å². The number of ketones is 1. The summed E-state index contributed by atoms with van der Waals surface area (Å²) in [6, 6.07) is 7.58. The Morgan fingerprint density at radius 3 is 2.61 bits per heavy atom. The van der Waals surface area contributed by atoms with E-state index in [9.17, 15) is 14.7 Å². The zero-order valence-electron chi connectivity index (χ0n) is 17.4. The van der Waals surface area contributed by atoms with Gasteiger partial charge in [-0.15, -0.1) is 0 Å². The van der Waals surface area contributed by atoms with E-state index in [1.54, 1.807) is 42.7 Å². The van der Waals surface area contributed by atoms with E-state index in [0.29, 0.717) is 29.2 Å². The fourth-order valence-electron chi connectivity index (χ4n) is 4.11. The first-order valence-corrected chi connectivity index (χ1v) is 10.1. The minimum atomic E-state index is -0.751. The molecule has 2 atom stereocenters. The molecule has 31 heavy (non-hydrogen) atoms. The van der Waals surface area contributed by atoms with Crippen molar-refractivity contribution in [2.45, 2.75) is 25.0 Å². The fourth-order valence-corrected chi connectivity index (χ4v) is 4.11. The highest BCUT2D eigenvalue weighted by Crippen LogP contribution is 2.41. The van der Waals surface area contributed by atoms with Crippen molar-refractivity contribution < 1.29 is 28.9 Å². The first-order valence-electron chi connectivity index (χ1n) is 10.1. The van der Waals surface area contributed by atoms with E-state index < -0.39 is 17.7 Å². The van der Waals surface area contributed by atoms with Gasteiger partial charge in [0.15, 0.2) is 0 Å². The third-order valence-electron chi connectivity index (χ3n) is 5.65. The Balaban J connectivity index is 1.84. The molecule has 2 aliphatic heterocycles. The van der Waals surface area contributed by atoms with E-state index in [-0.39, 0.29) is 24.0 Å². The number of aliphatic hydroxyl groups is 1.